The fourth-order valence-corrected chi connectivity index (χ4v) is 1.29. The lowest BCUT2D eigenvalue weighted by Gasteiger charge is -2.23. The molecule has 70 valence electrons. The predicted molar refractivity (Wildman–Crippen MR) is 41.7 cm³/mol. The Morgan fingerprint density at radius 2 is 1.64 bits per heavy atom. The van der Waals surface area contributed by atoms with Gasteiger partial charge in [0, 0.05) is 0 Å². The van der Waals surface area contributed by atoms with E-state index in [9.17, 15) is 4.57 Å². The summed E-state index contributed by atoms with van der Waals surface area (Å²) in [5.41, 5.74) is 0. The molecule has 0 aromatic carbocycles. The van der Waals surface area contributed by atoms with Gasteiger partial charge < -0.3 is 19.7 Å². The first-order valence-corrected chi connectivity index (χ1v) is 4.85. The Bertz CT molecular complexity index is 147. The molecular formula is C5H16NO4P. The molecular weight excluding hydrogens is 169 g/mol. The molecule has 0 amide bonds. The molecule has 0 aliphatic rings. The van der Waals surface area contributed by atoms with Gasteiger partial charge in [0.1, 0.15) is 0 Å². The number of rotatable bonds is 3. The summed E-state index contributed by atoms with van der Waals surface area (Å²) >= 11 is 0. The first-order valence-electron chi connectivity index (χ1n) is 3.06. The van der Waals surface area contributed by atoms with Gasteiger partial charge in [0.2, 0.25) is 0 Å². The number of quaternary nitrogens is 1. The Hall–Kier alpha value is 0.0700. The molecule has 0 saturated heterocycles. The van der Waals surface area contributed by atoms with E-state index in [1.165, 1.54) is 0 Å². The summed E-state index contributed by atoms with van der Waals surface area (Å²) in [4.78, 5) is 17.0. The van der Waals surface area contributed by atoms with Gasteiger partial charge in [-0.15, -0.1) is 0 Å². The minimum atomic E-state index is -3.78. The van der Waals surface area contributed by atoms with Crippen molar-refractivity contribution in [2.75, 3.05) is 33.8 Å². The SMILES string of the molecule is C[N+](C)(C)CCP(=O)(O)O.[OH-]. The number of hydrogen-bond donors (Lipinski definition) is 2. The zero-order valence-corrected chi connectivity index (χ0v) is 7.95. The van der Waals surface area contributed by atoms with Gasteiger partial charge >= 0.3 is 7.60 Å². The Morgan fingerprint density at radius 1 is 1.27 bits per heavy atom. The van der Waals surface area contributed by atoms with E-state index in [-0.39, 0.29) is 11.6 Å². The van der Waals surface area contributed by atoms with Gasteiger partial charge in [0.25, 0.3) is 0 Å². The second-order valence-corrected chi connectivity index (χ2v) is 5.18. The zero-order chi connectivity index (χ0) is 8.41. The lowest BCUT2D eigenvalue weighted by Crippen LogP contribution is -2.36. The maximum absolute atomic E-state index is 10.4. The van der Waals surface area contributed by atoms with Crippen molar-refractivity contribution in [3.63, 3.8) is 0 Å². The molecule has 11 heavy (non-hydrogen) atoms. The van der Waals surface area contributed by atoms with Crippen LogP contribution in [0.4, 0.5) is 0 Å². The molecule has 0 aromatic heterocycles. The van der Waals surface area contributed by atoms with E-state index < -0.39 is 7.60 Å². The first kappa shape index (κ1) is 13.6. The largest absolute Gasteiger partial charge is 0.870 e. The maximum Gasteiger partial charge on any atom is 0.331 e. The second kappa shape index (κ2) is 4.18. The number of nitrogens with zero attached hydrogens (tertiary/aromatic N) is 1. The van der Waals surface area contributed by atoms with Crippen molar-refractivity contribution >= 4 is 7.60 Å². The van der Waals surface area contributed by atoms with E-state index in [2.05, 4.69) is 0 Å². The van der Waals surface area contributed by atoms with E-state index in [0.717, 1.165) is 0 Å². The van der Waals surface area contributed by atoms with Crippen molar-refractivity contribution < 1.29 is 24.3 Å². The molecule has 0 aromatic rings. The van der Waals surface area contributed by atoms with Crippen LogP contribution in [0.15, 0.2) is 0 Å². The summed E-state index contributed by atoms with van der Waals surface area (Å²) in [7, 11) is 1.92. The van der Waals surface area contributed by atoms with Gasteiger partial charge in [-0.1, -0.05) is 0 Å². The summed E-state index contributed by atoms with van der Waals surface area (Å²) in [5.74, 6) is 0. The average Bonchev–Trinajstić information content (AvgIpc) is 1.57. The lowest BCUT2D eigenvalue weighted by molar-refractivity contribution is -0.867. The van der Waals surface area contributed by atoms with Gasteiger partial charge in [-0.2, -0.15) is 0 Å². The first-order chi connectivity index (χ1) is 4.21. The highest BCUT2D eigenvalue weighted by atomic mass is 31.2. The quantitative estimate of drug-likeness (QED) is 0.466. The van der Waals surface area contributed by atoms with Crippen molar-refractivity contribution in [3.8, 4) is 0 Å². The van der Waals surface area contributed by atoms with E-state index >= 15 is 0 Å². The van der Waals surface area contributed by atoms with Crippen LogP contribution in [0.3, 0.4) is 0 Å². The Morgan fingerprint density at radius 3 is 1.73 bits per heavy atom. The highest BCUT2D eigenvalue weighted by Crippen LogP contribution is 2.33. The topological polar surface area (TPSA) is 87.5 Å². The summed E-state index contributed by atoms with van der Waals surface area (Å²) in [6.07, 6.45) is -0.0312. The highest BCUT2D eigenvalue weighted by Gasteiger charge is 2.18. The molecule has 0 unspecified atom stereocenters. The Balaban J connectivity index is 0. The molecule has 0 bridgehead atoms. The monoisotopic (exact) mass is 185 g/mol. The molecule has 0 rings (SSSR count). The Kier molecular flexibility index (Phi) is 5.19. The van der Waals surface area contributed by atoms with Crippen LogP contribution < -0.4 is 0 Å². The average molecular weight is 185 g/mol. The third kappa shape index (κ3) is 13.1. The fourth-order valence-electron chi connectivity index (χ4n) is 0.430. The lowest BCUT2D eigenvalue weighted by atomic mass is 10.6. The van der Waals surface area contributed by atoms with Gasteiger partial charge in [-0.05, 0) is 0 Å². The maximum atomic E-state index is 10.4. The molecule has 0 fully saturated rings. The van der Waals surface area contributed by atoms with E-state index in [4.69, 9.17) is 9.79 Å². The van der Waals surface area contributed by atoms with Gasteiger partial charge in [-0.25, -0.2) is 0 Å². The smallest absolute Gasteiger partial charge is 0.331 e. The molecule has 0 spiro atoms. The van der Waals surface area contributed by atoms with E-state index in [1.54, 1.807) is 0 Å². The van der Waals surface area contributed by atoms with E-state index in [0.29, 0.717) is 11.0 Å². The normalized spacial score (nSPS) is 12.5. The van der Waals surface area contributed by atoms with Crippen LogP contribution in [0.25, 0.3) is 0 Å². The van der Waals surface area contributed by atoms with Gasteiger partial charge in [-0.3, -0.25) is 4.57 Å². The highest BCUT2D eigenvalue weighted by molar-refractivity contribution is 7.51. The fraction of sp³-hybridized carbons (Fsp3) is 1.00. The van der Waals surface area contributed by atoms with Gasteiger partial charge in [0.15, 0.2) is 0 Å². The number of hydrogen-bond acceptors (Lipinski definition) is 2. The standard InChI is InChI=1S/C5H14NO3P.H2O/c1-6(2,3)4-5-10(7,8)9;/h4-5H2,1-3H3,(H-,7,8,9);1H2. The molecule has 0 radical (unpaired) electrons. The van der Waals surface area contributed by atoms with Gasteiger partial charge in [0.05, 0.1) is 33.8 Å². The van der Waals surface area contributed by atoms with Crippen LogP contribution in [0.5, 0.6) is 0 Å². The summed E-state index contributed by atoms with van der Waals surface area (Å²) < 4.78 is 11.0. The molecule has 0 atom stereocenters. The molecule has 0 saturated carbocycles. The van der Waals surface area contributed by atoms with Crippen LogP contribution in [0.1, 0.15) is 0 Å². The van der Waals surface area contributed by atoms with Crippen LogP contribution in [0.2, 0.25) is 0 Å². The zero-order valence-electron chi connectivity index (χ0n) is 7.06. The van der Waals surface area contributed by atoms with Crippen LogP contribution in [-0.4, -0.2) is 53.6 Å². The molecule has 6 heteroatoms. The van der Waals surface area contributed by atoms with Crippen LogP contribution >= 0.6 is 7.60 Å². The predicted octanol–water partition coefficient (Wildman–Crippen LogP) is -0.307. The third-order valence-corrected chi connectivity index (χ3v) is 1.84. The van der Waals surface area contributed by atoms with Crippen molar-refractivity contribution in [1.82, 2.24) is 0 Å². The minimum Gasteiger partial charge on any atom is -0.870 e. The van der Waals surface area contributed by atoms with Crippen molar-refractivity contribution in [2.45, 2.75) is 0 Å². The summed E-state index contributed by atoms with van der Waals surface area (Å²) in [5, 5.41) is 0. The third-order valence-electron chi connectivity index (χ3n) is 1.06. The molecule has 0 heterocycles. The van der Waals surface area contributed by atoms with Crippen molar-refractivity contribution in [2.24, 2.45) is 0 Å². The molecule has 0 aliphatic heterocycles. The summed E-state index contributed by atoms with van der Waals surface area (Å²) in [6.45, 7) is 0.504. The second-order valence-electron chi connectivity index (χ2n) is 3.40. The molecule has 3 N–H and O–H groups in total. The van der Waals surface area contributed by atoms with Crippen LogP contribution in [0, 0.1) is 0 Å². The van der Waals surface area contributed by atoms with Crippen LogP contribution in [-0.2, 0) is 4.57 Å². The van der Waals surface area contributed by atoms with Crippen molar-refractivity contribution in [3.05, 3.63) is 0 Å². The molecule has 0 aliphatic carbocycles. The van der Waals surface area contributed by atoms with Crippen molar-refractivity contribution in [1.29, 1.82) is 0 Å². The minimum absolute atomic E-state index is 0. The Labute approximate surface area is 66.7 Å². The summed E-state index contributed by atoms with van der Waals surface area (Å²) in [6, 6.07) is 0. The van der Waals surface area contributed by atoms with E-state index in [1.807, 2.05) is 21.1 Å². The molecule has 5 nitrogen and oxygen atoms in total.